The van der Waals surface area contributed by atoms with E-state index in [0.29, 0.717) is 0 Å². The van der Waals surface area contributed by atoms with Crippen LogP contribution in [0.15, 0.2) is 39.3 Å². The Morgan fingerprint density at radius 3 is 2.35 bits per heavy atom. The quantitative estimate of drug-likeness (QED) is 0.740. The SMILES string of the molecule is Cc1ccc(C)c(CC(N)c2cc(Br)c(C)cc2Br)c1. The van der Waals surface area contributed by atoms with E-state index in [-0.39, 0.29) is 6.04 Å². The zero-order valence-corrected chi connectivity index (χ0v) is 15.2. The Labute approximate surface area is 137 Å². The van der Waals surface area contributed by atoms with Crippen molar-refractivity contribution >= 4 is 31.9 Å². The molecule has 0 aromatic heterocycles. The molecule has 1 atom stereocenters. The van der Waals surface area contributed by atoms with Crippen molar-refractivity contribution in [2.75, 3.05) is 0 Å². The standard InChI is InChI=1S/C17H19Br2N/c1-10-4-5-11(2)13(6-10)8-17(20)14-9-15(18)12(3)7-16(14)19/h4-7,9,17H,8,20H2,1-3H3. The first-order valence-corrected chi connectivity index (χ1v) is 8.24. The van der Waals surface area contributed by atoms with Crippen LogP contribution in [-0.2, 0) is 6.42 Å². The Kier molecular flexibility index (Phi) is 5.05. The van der Waals surface area contributed by atoms with Gasteiger partial charge in [0.15, 0.2) is 0 Å². The first-order chi connectivity index (χ1) is 9.38. The van der Waals surface area contributed by atoms with E-state index in [1.807, 2.05) is 0 Å². The van der Waals surface area contributed by atoms with E-state index in [4.69, 9.17) is 5.73 Å². The van der Waals surface area contributed by atoms with Crippen LogP contribution in [0.4, 0.5) is 0 Å². The molecule has 0 aliphatic heterocycles. The van der Waals surface area contributed by atoms with E-state index >= 15 is 0 Å². The van der Waals surface area contributed by atoms with E-state index in [9.17, 15) is 0 Å². The minimum absolute atomic E-state index is 0.0122. The average Bonchev–Trinajstić information content (AvgIpc) is 2.38. The average molecular weight is 397 g/mol. The van der Waals surface area contributed by atoms with Crippen molar-refractivity contribution in [1.29, 1.82) is 0 Å². The Morgan fingerprint density at radius 2 is 1.65 bits per heavy atom. The van der Waals surface area contributed by atoms with Gasteiger partial charge in [0.1, 0.15) is 0 Å². The van der Waals surface area contributed by atoms with Crippen molar-refractivity contribution in [1.82, 2.24) is 0 Å². The van der Waals surface area contributed by atoms with Gasteiger partial charge in [0.2, 0.25) is 0 Å². The van der Waals surface area contributed by atoms with Gasteiger partial charge in [-0.1, -0.05) is 55.6 Å². The number of rotatable bonds is 3. The number of aryl methyl sites for hydroxylation is 3. The van der Waals surface area contributed by atoms with E-state index < -0.39 is 0 Å². The second-order valence-corrected chi connectivity index (χ2v) is 7.07. The molecule has 0 aliphatic rings. The fraction of sp³-hybridized carbons (Fsp3) is 0.294. The van der Waals surface area contributed by atoms with Gasteiger partial charge in [0.25, 0.3) is 0 Å². The third kappa shape index (κ3) is 3.51. The molecule has 0 aliphatic carbocycles. The lowest BCUT2D eigenvalue weighted by molar-refractivity contribution is 0.714. The highest BCUT2D eigenvalue weighted by Crippen LogP contribution is 2.30. The number of nitrogens with two attached hydrogens (primary N) is 1. The van der Waals surface area contributed by atoms with Crippen molar-refractivity contribution in [3.63, 3.8) is 0 Å². The minimum Gasteiger partial charge on any atom is -0.324 e. The van der Waals surface area contributed by atoms with Crippen molar-refractivity contribution < 1.29 is 0 Å². The molecule has 2 rings (SSSR count). The summed E-state index contributed by atoms with van der Waals surface area (Å²) in [5.74, 6) is 0. The van der Waals surface area contributed by atoms with Crippen molar-refractivity contribution in [2.45, 2.75) is 33.2 Å². The second-order valence-electron chi connectivity index (χ2n) is 5.36. The largest absolute Gasteiger partial charge is 0.324 e. The molecular weight excluding hydrogens is 378 g/mol. The maximum absolute atomic E-state index is 6.41. The minimum atomic E-state index is -0.0122. The molecule has 106 valence electrons. The highest BCUT2D eigenvalue weighted by Gasteiger charge is 2.14. The van der Waals surface area contributed by atoms with E-state index in [2.05, 4.69) is 83.0 Å². The Bertz CT molecular complexity index is 635. The summed E-state index contributed by atoms with van der Waals surface area (Å²) in [6.45, 7) is 6.34. The fourth-order valence-corrected chi connectivity index (χ4v) is 3.43. The summed E-state index contributed by atoms with van der Waals surface area (Å²) in [6.07, 6.45) is 0.849. The second kappa shape index (κ2) is 6.42. The molecule has 2 aromatic carbocycles. The van der Waals surface area contributed by atoms with E-state index in [1.165, 1.54) is 22.3 Å². The van der Waals surface area contributed by atoms with Crippen LogP contribution in [0.25, 0.3) is 0 Å². The zero-order valence-electron chi connectivity index (χ0n) is 12.0. The normalized spacial score (nSPS) is 12.5. The number of hydrogen-bond acceptors (Lipinski definition) is 1. The van der Waals surface area contributed by atoms with Gasteiger partial charge < -0.3 is 5.73 Å². The molecule has 0 heterocycles. The molecule has 0 spiro atoms. The highest BCUT2D eigenvalue weighted by atomic mass is 79.9. The Balaban J connectivity index is 2.30. The maximum Gasteiger partial charge on any atom is 0.0347 e. The van der Waals surface area contributed by atoms with E-state index in [0.717, 1.165) is 20.9 Å². The Hall–Kier alpha value is -0.640. The van der Waals surface area contributed by atoms with Gasteiger partial charge in [-0.3, -0.25) is 0 Å². The fourth-order valence-electron chi connectivity index (χ4n) is 2.31. The molecular formula is C17H19Br2N. The summed E-state index contributed by atoms with van der Waals surface area (Å²) in [5.41, 5.74) is 12.7. The van der Waals surface area contributed by atoms with Gasteiger partial charge in [-0.05, 0) is 61.6 Å². The first-order valence-electron chi connectivity index (χ1n) is 6.65. The van der Waals surface area contributed by atoms with Crippen molar-refractivity contribution in [3.05, 3.63) is 67.1 Å². The smallest absolute Gasteiger partial charge is 0.0347 e. The van der Waals surface area contributed by atoms with Crippen LogP contribution in [0, 0.1) is 20.8 Å². The summed E-state index contributed by atoms with van der Waals surface area (Å²) in [5, 5.41) is 0. The molecule has 0 fully saturated rings. The van der Waals surface area contributed by atoms with Gasteiger partial charge in [-0.25, -0.2) is 0 Å². The van der Waals surface area contributed by atoms with Crippen LogP contribution in [0.2, 0.25) is 0 Å². The predicted octanol–water partition coefficient (Wildman–Crippen LogP) is 5.38. The summed E-state index contributed by atoms with van der Waals surface area (Å²) in [4.78, 5) is 0. The van der Waals surface area contributed by atoms with Crippen molar-refractivity contribution in [3.8, 4) is 0 Å². The maximum atomic E-state index is 6.41. The molecule has 2 N–H and O–H groups in total. The molecule has 1 unspecified atom stereocenters. The number of halogens is 2. The molecule has 0 saturated carbocycles. The molecule has 0 bridgehead atoms. The lowest BCUT2D eigenvalue weighted by atomic mass is 9.95. The Morgan fingerprint density at radius 1 is 0.950 bits per heavy atom. The monoisotopic (exact) mass is 395 g/mol. The third-order valence-electron chi connectivity index (χ3n) is 3.62. The third-order valence-corrected chi connectivity index (χ3v) is 5.16. The summed E-state index contributed by atoms with van der Waals surface area (Å²) >= 11 is 7.21. The lowest BCUT2D eigenvalue weighted by Gasteiger charge is -2.17. The highest BCUT2D eigenvalue weighted by molar-refractivity contribution is 9.11. The van der Waals surface area contributed by atoms with Crippen LogP contribution in [0.1, 0.15) is 33.9 Å². The van der Waals surface area contributed by atoms with Crippen LogP contribution in [0.3, 0.4) is 0 Å². The molecule has 0 radical (unpaired) electrons. The van der Waals surface area contributed by atoms with Crippen LogP contribution in [-0.4, -0.2) is 0 Å². The number of benzene rings is 2. The topological polar surface area (TPSA) is 26.0 Å². The van der Waals surface area contributed by atoms with Crippen LogP contribution in [0.5, 0.6) is 0 Å². The summed E-state index contributed by atoms with van der Waals surface area (Å²) in [7, 11) is 0. The summed E-state index contributed by atoms with van der Waals surface area (Å²) in [6, 6.07) is 10.8. The molecule has 20 heavy (non-hydrogen) atoms. The molecule has 3 heteroatoms. The lowest BCUT2D eigenvalue weighted by Crippen LogP contribution is -2.15. The molecule has 1 nitrogen and oxygen atoms in total. The van der Waals surface area contributed by atoms with Crippen LogP contribution < -0.4 is 5.73 Å². The van der Waals surface area contributed by atoms with Gasteiger partial charge in [-0.15, -0.1) is 0 Å². The van der Waals surface area contributed by atoms with Crippen LogP contribution >= 0.6 is 31.9 Å². The predicted molar refractivity (Wildman–Crippen MR) is 93.1 cm³/mol. The van der Waals surface area contributed by atoms with Crippen molar-refractivity contribution in [2.24, 2.45) is 5.73 Å². The van der Waals surface area contributed by atoms with Gasteiger partial charge in [0, 0.05) is 15.0 Å². The number of hydrogen-bond donors (Lipinski definition) is 1. The summed E-state index contributed by atoms with van der Waals surface area (Å²) < 4.78 is 2.18. The van der Waals surface area contributed by atoms with Gasteiger partial charge >= 0.3 is 0 Å². The van der Waals surface area contributed by atoms with Gasteiger partial charge in [-0.2, -0.15) is 0 Å². The molecule has 0 saturated heterocycles. The zero-order chi connectivity index (χ0) is 14.9. The van der Waals surface area contributed by atoms with Gasteiger partial charge in [0.05, 0.1) is 0 Å². The molecule has 2 aromatic rings. The first kappa shape index (κ1) is 15.7. The molecule has 0 amide bonds. The van der Waals surface area contributed by atoms with E-state index in [1.54, 1.807) is 0 Å².